The predicted octanol–water partition coefficient (Wildman–Crippen LogP) is 2.39. The van der Waals surface area contributed by atoms with Crippen LogP contribution < -0.4 is 5.32 Å². The molecule has 1 saturated heterocycles. The normalized spacial score (nSPS) is 23.3. The molecule has 0 radical (unpaired) electrons. The molecule has 2 amide bonds. The molecule has 0 bridgehead atoms. The van der Waals surface area contributed by atoms with Gasteiger partial charge in [0.05, 0.1) is 37.6 Å². The maximum absolute atomic E-state index is 13.7. The van der Waals surface area contributed by atoms with Crippen LogP contribution in [-0.4, -0.2) is 67.2 Å². The summed E-state index contributed by atoms with van der Waals surface area (Å²) in [5, 5.41) is 9.77. The lowest BCUT2D eigenvalue weighted by atomic mass is 10.0. The third kappa shape index (κ3) is 4.68. The number of fused-ring (bicyclic) bond motifs is 1. The number of benzene rings is 1. The number of piperazine rings is 1. The first kappa shape index (κ1) is 22.4. The minimum absolute atomic E-state index is 0.00619. The first-order valence-electron chi connectivity index (χ1n) is 10.5. The molecule has 1 fully saturated rings. The Hall–Kier alpha value is -2.79. The molecule has 1 unspecified atom stereocenters. The Kier molecular flexibility index (Phi) is 6.56. The number of halogens is 3. The Morgan fingerprint density at radius 2 is 1.97 bits per heavy atom. The van der Waals surface area contributed by atoms with Crippen LogP contribution in [0.4, 0.5) is 13.2 Å². The second-order valence-corrected chi connectivity index (χ2v) is 7.88. The molecular formula is C21H24F3N5O3. The second-order valence-electron chi connectivity index (χ2n) is 7.88. The van der Waals surface area contributed by atoms with E-state index in [1.807, 2.05) is 24.3 Å². The van der Waals surface area contributed by atoms with Crippen molar-refractivity contribution in [2.75, 3.05) is 39.4 Å². The molecule has 8 nitrogen and oxygen atoms in total. The van der Waals surface area contributed by atoms with Crippen LogP contribution in [0.1, 0.15) is 23.6 Å². The van der Waals surface area contributed by atoms with Crippen molar-refractivity contribution in [1.82, 2.24) is 15.1 Å². The first-order chi connectivity index (χ1) is 15.4. The number of hydrogen-bond donors (Lipinski definition) is 1. The fourth-order valence-corrected chi connectivity index (χ4v) is 4.29. The van der Waals surface area contributed by atoms with Crippen molar-refractivity contribution >= 4 is 11.8 Å². The third-order valence-electron chi connectivity index (χ3n) is 5.88. The minimum atomic E-state index is -4.78. The molecule has 0 aliphatic carbocycles. The quantitative estimate of drug-likeness (QED) is 0.672. The monoisotopic (exact) mass is 451 g/mol. The van der Waals surface area contributed by atoms with Crippen molar-refractivity contribution in [3.8, 4) is 0 Å². The zero-order valence-electron chi connectivity index (χ0n) is 17.3. The van der Waals surface area contributed by atoms with E-state index in [1.54, 1.807) is 4.90 Å². The maximum atomic E-state index is 13.7. The maximum Gasteiger partial charge on any atom is 0.406 e. The van der Waals surface area contributed by atoms with E-state index >= 15 is 0 Å². The van der Waals surface area contributed by atoms with E-state index in [0.29, 0.717) is 13.1 Å². The van der Waals surface area contributed by atoms with E-state index in [-0.39, 0.29) is 37.8 Å². The summed E-state index contributed by atoms with van der Waals surface area (Å²) in [5.74, 6) is -3.69. The van der Waals surface area contributed by atoms with Crippen LogP contribution >= 0.6 is 0 Å². The van der Waals surface area contributed by atoms with Gasteiger partial charge in [0, 0.05) is 32.7 Å². The highest BCUT2D eigenvalue weighted by Crippen LogP contribution is 2.44. The molecule has 0 spiro atoms. The Balaban J connectivity index is 1.46. The van der Waals surface area contributed by atoms with Crippen LogP contribution in [0.3, 0.4) is 0 Å². The van der Waals surface area contributed by atoms with E-state index < -0.39 is 24.0 Å². The number of alkyl halides is 3. The summed E-state index contributed by atoms with van der Waals surface area (Å²) >= 11 is 0. The van der Waals surface area contributed by atoms with Gasteiger partial charge in [-0.25, -0.2) is 0 Å². The number of nitrogens with zero attached hydrogens (tertiary/aromatic N) is 4. The predicted molar refractivity (Wildman–Crippen MR) is 107 cm³/mol. The van der Waals surface area contributed by atoms with Crippen molar-refractivity contribution in [2.24, 2.45) is 16.1 Å². The SMILES string of the molecule is O=C1N=NC=C(N2Cc3ccccc3[C@H]2COCCC(=O)N2CCNCC2)C1C(F)(F)F. The molecule has 11 heteroatoms. The average Bonchev–Trinajstić information content (AvgIpc) is 3.14. The lowest BCUT2D eigenvalue weighted by Crippen LogP contribution is -2.46. The van der Waals surface area contributed by atoms with Gasteiger partial charge in [-0.3, -0.25) is 9.59 Å². The molecule has 4 rings (SSSR count). The van der Waals surface area contributed by atoms with Crippen LogP contribution in [0.2, 0.25) is 0 Å². The number of carbonyl (C=O) groups excluding carboxylic acids is 2. The van der Waals surface area contributed by atoms with E-state index in [2.05, 4.69) is 15.5 Å². The van der Waals surface area contributed by atoms with Crippen molar-refractivity contribution in [1.29, 1.82) is 0 Å². The van der Waals surface area contributed by atoms with Gasteiger partial charge in [-0.2, -0.15) is 18.3 Å². The van der Waals surface area contributed by atoms with Gasteiger partial charge in [-0.15, -0.1) is 5.11 Å². The summed E-state index contributed by atoms with van der Waals surface area (Å²) in [6, 6.07) is 6.77. The Morgan fingerprint density at radius 3 is 2.72 bits per heavy atom. The molecule has 172 valence electrons. The number of nitrogens with one attached hydrogen (secondary N) is 1. The molecular weight excluding hydrogens is 427 g/mol. The van der Waals surface area contributed by atoms with Gasteiger partial charge in [0.15, 0.2) is 5.92 Å². The van der Waals surface area contributed by atoms with Crippen LogP contribution in [0.5, 0.6) is 0 Å². The van der Waals surface area contributed by atoms with Gasteiger partial charge in [-0.1, -0.05) is 24.3 Å². The highest BCUT2D eigenvalue weighted by molar-refractivity contribution is 5.83. The fraction of sp³-hybridized carbons (Fsp3) is 0.524. The number of amides is 2. The van der Waals surface area contributed by atoms with Crippen molar-refractivity contribution in [3.63, 3.8) is 0 Å². The van der Waals surface area contributed by atoms with Crippen LogP contribution in [-0.2, 0) is 20.9 Å². The van der Waals surface area contributed by atoms with E-state index in [1.165, 1.54) is 4.90 Å². The number of ether oxygens (including phenoxy) is 1. The number of rotatable bonds is 6. The Morgan fingerprint density at radius 1 is 1.22 bits per heavy atom. The van der Waals surface area contributed by atoms with Crippen LogP contribution in [0.15, 0.2) is 46.4 Å². The average molecular weight is 451 g/mol. The molecule has 1 aromatic rings. The highest BCUT2D eigenvalue weighted by atomic mass is 19.4. The highest BCUT2D eigenvalue weighted by Gasteiger charge is 2.52. The number of azo groups is 1. The van der Waals surface area contributed by atoms with E-state index in [0.717, 1.165) is 30.4 Å². The van der Waals surface area contributed by atoms with Gasteiger partial charge in [0.2, 0.25) is 5.91 Å². The molecule has 3 aliphatic rings. The summed E-state index contributed by atoms with van der Waals surface area (Å²) in [6.45, 7) is 3.26. The summed E-state index contributed by atoms with van der Waals surface area (Å²) in [4.78, 5) is 27.5. The zero-order chi connectivity index (χ0) is 22.7. The molecule has 32 heavy (non-hydrogen) atoms. The summed E-state index contributed by atoms with van der Waals surface area (Å²) in [5.41, 5.74) is 1.45. The van der Waals surface area contributed by atoms with Gasteiger partial charge in [0.25, 0.3) is 5.91 Å². The molecule has 1 aromatic carbocycles. The summed E-state index contributed by atoms with van der Waals surface area (Å²) in [6.07, 6.45) is -3.57. The number of hydrogen-bond acceptors (Lipinski definition) is 6. The minimum Gasteiger partial charge on any atom is -0.378 e. The largest absolute Gasteiger partial charge is 0.406 e. The summed E-state index contributed by atoms with van der Waals surface area (Å²) in [7, 11) is 0. The first-order valence-corrected chi connectivity index (χ1v) is 10.5. The molecule has 1 N–H and O–H groups in total. The van der Waals surface area contributed by atoms with Gasteiger partial charge in [0.1, 0.15) is 0 Å². The van der Waals surface area contributed by atoms with E-state index in [4.69, 9.17) is 4.74 Å². The second kappa shape index (κ2) is 9.37. The molecule has 2 atom stereocenters. The number of carbonyl (C=O) groups is 2. The molecule has 3 heterocycles. The lowest BCUT2D eigenvalue weighted by molar-refractivity contribution is -0.178. The fourth-order valence-electron chi connectivity index (χ4n) is 4.29. The van der Waals surface area contributed by atoms with Crippen molar-refractivity contribution < 1.29 is 27.5 Å². The third-order valence-corrected chi connectivity index (χ3v) is 5.88. The van der Waals surface area contributed by atoms with Crippen LogP contribution in [0.25, 0.3) is 0 Å². The zero-order valence-corrected chi connectivity index (χ0v) is 17.3. The van der Waals surface area contributed by atoms with Gasteiger partial charge >= 0.3 is 6.18 Å². The molecule has 0 saturated carbocycles. The van der Waals surface area contributed by atoms with Gasteiger partial charge < -0.3 is 19.9 Å². The molecule has 0 aromatic heterocycles. The van der Waals surface area contributed by atoms with Gasteiger partial charge in [-0.05, 0) is 11.1 Å². The lowest BCUT2D eigenvalue weighted by Gasteiger charge is -2.34. The molecule has 3 aliphatic heterocycles. The van der Waals surface area contributed by atoms with E-state index in [9.17, 15) is 22.8 Å². The van der Waals surface area contributed by atoms with Crippen molar-refractivity contribution in [3.05, 3.63) is 47.3 Å². The Bertz CT molecular complexity index is 928. The standard InChI is InChI=1S/C21H24F3N5O3/c22-21(23,24)19-16(11-26-27-20(19)31)29-12-14-3-1-2-4-15(14)17(29)13-32-10-5-18(30)28-8-6-25-7-9-28/h1-4,11,17,19,25H,5-10,12-13H2/t17-,19?/m1/s1. The topological polar surface area (TPSA) is 86.6 Å². The Labute approximate surface area is 183 Å². The van der Waals surface area contributed by atoms with Crippen molar-refractivity contribution in [2.45, 2.75) is 25.2 Å². The van der Waals surface area contributed by atoms with Crippen LogP contribution in [0, 0.1) is 5.92 Å². The smallest absolute Gasteiger partial charge is 0.378 e. The summed E-state index contributed by atoms with van der Waals surface area (Å²) < 4.78 is 46.7.